The first-order chi connectivity index (χ1) is 10.8. The van der Waals surface area contributed by atoms with Gasteiger partial charge >= 0.3 is 0 Å². The fourth-order valence-corrected chi connectivity index (χ4v) is 3.90. The van der Waals surface area contributed by atoms with E-state index in [1.54, 1.807) is 0 Å². The molecule has 0 amide bonds. The van der Waals surface area contributed by atoms with Gasteiger partial charge in [-0.3, -0.25) is 0 Å². The van der Waals surface area contributed by atoms with Crippen molar-refractivity contribution >= 4 is 10.0 Å². The minimum absolute atomic E-state index is 0.0445. The Morgan fingerprint density at radius 3 is 2.30 bits per heavy atom. The summed E-state index contributed by atoms with van der Waals surface area (Å²) in [7, 11) is -2.13. The van der Waals surface area contributed by atoms with Gasteiger partial charge in [0.05, 0.1) is 0 Å². The summed E-state index contributed by atoms with van der Waals surface area (Å²) in [5.41, 5.74) is 0. The number of nitrogens with zero attached hydrogens (tertiary/aromatic N) is 2. The third kappa shape index (κ3) is 4.94. The molecule has 130 valence electrons. The Hall–Kier alpha value is -1.09. The smallest absolute Gasteiger partial charge is 0.246 e. The van der Waals surface area contributed by atoms with E-state index in [2.05, 4.69) is 21.6 Å². The lowest BCUT2D eigenvalue weighted by Gasteiger charge is -2.33. The first-order valence-corrected chi connectivity index (χ1v) is 9.12. The van der Waals surface area contributed by atoms with Crippen LogP contribution in [0.1, 0.15) is 6.92 Å². The maximum Gasteiger partial charge on any atom is 0.246 e. The Kier molecular flexibility index (Phi) is 6.07. The van der Waals surface area contributed by atoms with Crippen LogP contribution in [0.2, 0.25) is 0 Å². The second kappa shape index (κ2) is 7.65. The van der Waals surface area contributed by atoms with Gasteiger partial charge in [-0.05, 0) is 25.1 Å². The topological polar surface area (TPSA) is 52.7 Å². The monoisotopic (exact) mass is 347 g/mol. The van der Waals surface area contributed by atoms with Crippen molar-refractivity contribution in [2.75, 3.05) is 46.3 Å². The van der Waals surface area contributed by atoms with Gasteiger partial charge in [-0.2, -0.15) is 0 Å². The van der Waals surface area contributed by atoms with Crippen LogP contribution in [0.4, 0.5) is 8.78 Å². The number of sulfonamides is 1. The van der Waals surface area contributed by atoms with Gasteiger partial charge in [-0.1, -0.05) is 13.0 Å². The summed E-state index contributed by atoms with van der Waals surface area (Å²) in [6, 6.07) is 3.01. The van der Waals surface area contributed by atoms with E-state index in [-0.39, 0.29) is 12.5 Å². The third-order valence-electron chi connectivity index (χ3n) is 3.98. The van der Waals surface area contributed by atoms with Crippen LogP contribution in [0, 0.1) is 17.6 Å². The van der Waals surface area contributed by atoms with E-state index in [0.717, 1.165) is 50.9 Å². The van der Waals surface area contributed by atoms with Crippen molar-refractivity contribution in [3.8, 4) is 0 Å². The molecule has 1 fully saturated rings. The zero-order valence-corrected chi connectivity index (χ0v) is 14.2. The van der Waals surface area contributed by atoms with Crippen LogP contribution in [0.3, 0.4) is 0 Å². The molecule has 1 aromatic rings. The highest BCUT2D eigenvalue weighted by molar-refractivity contribution is 7.89. The van der Waals surface area contributed by atoms with Crippen molar-refractivity contribution in [1.29, 1.82) is 0 Å². The van der Waals surface area contributed by atoms with Gasteiger partial charge in [0.2, 0.25) is 10.0 Å². The number of hydrogen-bond donors (Lipinski definition) is 1. The molecule has 0 aliphatic carbocycles. The summed E-state index contributed by atoms with van der Waals surface area (Å²) in [6.07, 6.45) is 0. The van der Waals surface area contributed by atoms with Crippen LogP contribution in [0.5, 0.6) is 0 Å². The zero-order chi connectivity index (χ0) is 17.0. The summed E-state index contributed by atoms with van der Waals surface area (Å²) in [5, 5.41) is 0. The Balaban J connectivity index is 1.91. The molecule has 0 saturated carbocycles. The maximum atomic E-state index is 13.6. The highest BCUT2D eigenvalue weighted by atomic mass is 32.2. The van der Waals surface area contributed by atoms with Crippen molar-refractivity contribution in [2.45, 2.75) is 11.8 Å². The van der Waals surface area contributed by atoms with Crippen LogP contribution in [0.25, 0.3) is 0 Å². The minimum Gasteiger partial charge on any atom is -0.304 e. The molecule has 2 rings (SSSR count). The van der Waals surface area contributed by atoms with Crippen LogP contribution < -0.4 is 4.72 Å². The fraction of sp³-hybridized carbons (Fsp3) is 0.600. The van der Waals surface area contributed by atoms with Crippen LogP contribution in [-0.4, -0.2) is 64.5 Å². The third-order valence-corrected chi connectivity index (χ3v) is 5.45. The van der Waals surface area contributed by atoms with Gasteiger partial charge in [0.15, 0.2) is 4.90 Å². The molecule has 1 atom stereocenters. The zero-order valence-electron chi connectivity index (χ0n) is 13.4. The summed E-state index contributed by atoms with van der Waals surface area (Å²) in [4.78, 5) is 3.60. The first-order valence-electron chi connectivity index (χ1n) is 7.64. The van der Waals surface area contributed by atoms with E-state index >= 15 is 0 Å². The molecule has 0 spiro atoms. The van der Waals surface area contributed by atoms with Gasteiger partial charge in [0.25, 0.3) is 0 Å². The molecule has 8 heteroatoms. The molecule has 1 unspecified atom stereocenters. The Morgan fingerprint density at radius 2 is 1.74 bits per heavy atom. The second-order valence-electron chi connectivity index (χ2n) is 6.11. The molecule has 0 aromatic heterocycles. The molecular weight excluding hydrogens is 324 g/mol. The molecule has 1 heterocycles. The number of halogens is 2. The van der Waals surface area contributed by atoms with Gasteiger partial charge in [0, 0.05) is 39.3 Å². The largest absolute Gasteiger partial charge is 0.304 e. The van der Waals surface area contributed by atoms with Crippen LogP contribution in [0.15, 0.2) is 23.1 Å². The van der Waals surface area contributed by atoms with Crippen molar-refractivity contribution in [2.24, 2.45) is 5.92 Å². The number of nitrogens with one attached hydrogen (secondary N) is 1. The number of benzene rings is 1. The Labute approximate surface area is 136 Å². The normalized spacial score (nSPS) is 19.0. The highest BCUT2D eigenvalue weighted by Gasteiger charge is 2.24. The van der Waals surface area contributed by atoms with E-state index in [1.807, 2.05) is 6.92 Å². The maximum absolute atomic E-state index is 13.6. The predicted octanol–water partition coefficient (Wildman–Crippen LogP) is 1.13. The molecule has 0 radical (unpaired) electrons. The van der Waals surface area contributed by atoms with E-state index in [9.17, 15) is 17.2 Å². The lowest BCUT2D eigenvalue weighted by atomic mass is 10.1. The summed E-state index contributed by atoms with van der Waals surface area (Å²) in [6.45, 7) is 6.65. The number of rotatable bonds is 6. The van der Waals surface area contributed by atoms with Gasteiger partial charge in [0.1, 0.15) is 11.6 Å². The molecule has 1 aromatic carbocycles. The number of hydrogen-bond acceptors (Lipinski definition) is 4. The van der Waals surface area contributed by atoms with Gasteiger partial charge in [-0.25, -0.2) is 21.9 Å². The molecule has 1 N–H and O–H groups in total. The lowest BCUT2D eigenvalue weighted by molar-refractivity contribution is 0.139. The van der Waals surface area contributed by atoms with Gasteiger partial charge in [-0.15, -0.1) is 0 Å². The van der Waals surface area contributed by atoms with Crippen molar-refractivity contribution in [1.82, 2.24) is 14.5 Å². The van der Waals surface area contributed by atoms with E-state index < -0.39 is 26.6 Å². The van der Waals surface area contributed by atoms with Crippen molar-refractivity contribution < 1.29 is 17.2 Å². The molecule has 23 heavy (non-hydrogen) atoms. The summed E-state index contributed by atoms with van der Waals surface area (Å²) in [5.74, 6) is -2.11. The Bertz CT molecular complexity index is 611. The molecular formula is C15H23F2N3O2S. The van der Waals surface area contributed by atoms with E-state index in [4.69, 9.17) is 0 Å². The quantitative estimate of drug-likeness (QED) is 0.838. The predicted molar refractivity (Wildman–Crippen MR) is 84.6 cm³/mol. The molecule has 0 bridgehead atoms. The van der Waals surface area contributed by atoms with Crippen molar-refractivity contribution in [3.05, 3.63) is 29.8 Å². The molecule has 5 nitrogen and oxygen atoms in total. The lowest BCUT2D eigenvalue weighted by Crippen LogP contribution is -2.46. The minimum atomic E-state index is -4.19. The number of piperazine rings is 1. The average molecular weight is 347 g/mol. The Morgan fingerprint density at radius 1 is 1.17 bits per heavy atom. The SMILES string of the molecule is CC(CNS(=O)(=O)c1c(F)cccc1F)CN1CCN(C)CC1. The first kappa shape index (κ1) is 18.3. The standard InChI is InChI=1S/C15H23F2N3O2S/c1-12(11-20-8-6-19(2)7-9-20)10-18-23(21,22)15-13(16)4-3-5-14(15)17/h3-5,12,18H,6-11H2,1-2H3. The van der Waals surface area contributed by atoms with Gasteiger partial charge < -0.3 is 9.80 Å². The summed E-state index contributed by atoms with van der Waals surface area (Å²) < 4.78 is 53.7. The molecule has 1 aliphatic heterocycles. The van der Waals surface area contributed by atoms with E-state index in [0.29, 0.717) is 0 Å². The average Bonchev–Trinajstić information content (AvgIpc) is 2.47. The highest BCUT2D eigenvalue weighted by Crippen LogP contribution is 2.18. The number of likely N-dealkylation sites (N-methyl/N-ethyl adjacent to an activating group) is 1. The second-order valence-corrected chi connectivity index (χ2v) is 7.82. The fourth-order valence-electron chi connectivity index (χ4n) is 2.60. The summed E-state index contributed by atoms with van der Waals surface area (Å²) >= 11 is 0. The molecule has 1 saturated heterocycles. The van der Waals surface area contributed by atoms with Crippen LogP contribution >= 0.6 is 0 Å². The molecule has 1 aliphatic rings. The van der Waals surface area contributed by atoms with E-state index in [1.165, 1.54) is 0 Å². The van der Waals surface area contributed by atoms with Crippen LogP contribution in [-0.2, 0) is 10.0 Å². The van der Waals surface area contributed by atoms with Crippen molar-refractivity contribution in [3.63, 3.8) is 0 Å².